The zero-order valence-corrected chi connectivity index (χ0v) is 18.1. The quantitative estimate of drug-likeness (QED) is 0.382. The molecule has 3 rings (SSSR count). The average molecular weight is 378 g/mol. The molecule has 152 valence electrons. The number of hydrogen-bond donors (Lipinski definition) is 0. The lowest BCUT2D eigenvalue weighted by Gasteiger charge is -2.28. The second-order valence-electron chi connectivity index (χ2n) is 8.88. The van der Waals surface area contributed by atoms with Crippen LogP contribution in [0, 0.1) is 11.8 Å². The third-order valence-corrected chi connectivity index (χ3v) is 6.76. The predicted octanol–water partition coefficient (Wildman–Crippen LogP) is 8.02. The lowest BCUT2D eigenvalue weighted by Crippen LogP contribution is -2.15. The molecule has 28 heavy (non-hydrogen) atoms. The van der Waals surface area contributed by atoms with Crippen LogP contribution in [-0.2, 0) is 12.8 Å². The number of aromatic nitrogens is 1. The molecule has 0 bridgehead atoms. The molecule has 1 fully saturated rings. The van der Waals surface area contributed by atoms with Crippen molar-refractivity contribution in [2.24, 2.45) is 11.8 Å². The maximum Gasteiger partial charge on any atom is 0.0702 e. The molecule has 1 aromatic carbocycles. The Morgan fingerprint density at radius 2 is 1.43 bits per heavy atom. The van der Waals surface area contributed by atoms with Crippen molar-refractivity contribution < 1.29 is 0 Å². The monoisotopic (exact) mass is 377 g/mol. The van der Waals surface area contributed by atoms with Gasteiger partial charge in [0.25, 0.3) is 0 Å². The van der Waals surface area contributed by atoms with Gasteiger partial charge in [0.05, 0.1) is 5.69 Å². The first-order valence-electron chi connectivity index (χ1n) is 11.8. The molecule has 1 aliphatic rings. The fourth-order valence-corrected chi connectivity index (χ4v) is 4.69. The summed E-state index contributed by atoms with van der Waals surface area (Å²) in [6.45, 7) is 4.48. The van der Waals surface area contributed by atoms with Gasteiger partial charge in [0.1, 0.15) is 0 Å². The number of pyridine rings is 1. The maximum absolute atomic E-state index is 4.61. The molecular weight excluding hydrogens is 338 g/mol. The molecule has 1 saturated carbocycles. The Balaban J connectivity index is 1.39. The number of nitrogens with zero attached hydrogens (tertiary/aromatic N) is 1. The Hall–Kier alpha value is -1.63. The van der Waals surface area contributed by atoms with Crippen molar-refractivity contribution in [1.29, 1.82) is 0 Å². The van der Waals surface area contributed by atoms with E-state index in [9.17, 15) is 0 Å². The first-order chi connectivity index (χ1) is 13.8. The Morgan fingerprint density at radius 3 is 2.04 bits per heavy atom. The predicted molar refractivity (Wildman–Crippen MR) is 122 cm³/mol. The van der Waals surface area contributed by atoms with E-state index in [0.717, 1.165) is 24.0 Å². The van der Waals surface area contributed by atoms with E-state index in [2.05, 4.69) is 55.2 Å². The molecule has 2 aromatic rings. The van der Waals surface area contributed by atoms with E-state index in [1.54, 1.807) is 0 Å². The van der Waals surface area contributed by atoms with Crippen LogP contribution in [0.1, 0.15) is 89.2 Å². The maximum atomic E-state index is 4.61. The summed E-state index contributed by atoms with van der Waals surface area (Å²) in [4.78, 5) is 4.61. The minimum absolute atomic E-state index is 0.954. The Bertz CT molecular complexity index is 662. The normalized spacial score (nSPS) is 19.6. The molecule has 1 aliphatic carbocycles. The van der Waals surface area contributed by atoms with Crippen molar-refractivity contribution in [3.8, 4) is 11.3 Å². The summed E-state index contributed by atoms with van der Waals surface area (Å²) in [7, 11) is 0. The summed E-state index contributed by atoms with van der Waals surface area (Å²) in [5.74, 6) is 1.98. The third kappa shape index (κ3) is 6.47. The highest BCUT2D eigenvalue weighted by Crippen LogP contribution is 2.34. The highest BCUT2D eigenvalue weighted by atomic mass is 14.7. The molecule has 0 saturated heterocycles. The van der Waals surface area contributed by atoms with Gasteiger partial charge in [0, 0.05) is 11.8 Å². The van der Waals surface area contributed by atoms with E-state index in [0.29, 0.717) is 0 Å². The van der Waals surface area contributed by atoms with Crippen molar-refractivity contribution in [3.05, 3.63) is 53.7 Å². The van der Waals surface area contributed by atoms with Gasteiger partial charge in [0.2, 0.25) is 0 Å². The smallest absolute Gasteiger partial charge is 0.0702 e. The third-order valence-electron chi connectivity index (χ3n) is 6.76. The summed E-state index contributed by atoms with van der Waals surface area (Å²) < 4.78 is 0. The van der Waals surface area contributed by atoms with Crippen molar-refractivity contribution in [2.45, 2.75) is 90.9 Å². The number of hydrogen-bond acceptors (Lipinski definition) is 1. The Kier molecular flexibility index (Phi) is 8.58. The van der Waals surface area contributed by atoms with Gasteiger partial charge in [0.15, 0.2) is 0 Å². The van der Waals surface area contributed by atoms with Crippen LogP contribution in [0.25, 0.3) is 11.3 Å². The number of rotatable bonds is 10. The molecule has 1 nitrogen and oxygen atoms in total. The van der Waals surface area contributed by atoms with E-state index in [-0.39, 0.29) is 0 Å². The Morgan fingerprint density at radius 1 is 0.750 bits per heavy atom. The zero-order valence-electron chi connectivity index (χ0n) is 18.1. The van der Waals surface area contributed by atoms with Crippen molar-refractivity contribution in [2.75, 3.05) is 0 Å². The largest absolute Gasteiger partial charge is 0.256 e. The molecule has 0 atom stereocenters. The average Bonchev–Trinajstić information content (AvgIpc) is 2.76. The summed E-state index contributed by atoms with van der Waals surface area (Å²) in [6.07, 6.45) is 18.7. The zero-order chi connectivity index (χ0) is 19.6. The van der Waals surface area contributed by atoms with Gasteiger partial charge in [-0.05, 0) is 48.3 Å². The summed E-state index contributed by atoms with van der Waals surface area (Å²) in [5.41, 5.74) is 5.10. The highest BCUT2D eigenvalue weighted by molar-refractivity contribution is 5.59. The fourth-order valence-electron chi connectivity index (χ4n) is 4.69. The molecule has 0 N–H and O–H groups in total. The fraction of sp³-hybridized carbons (Fsp3) is 0.593. The van der Waals surface area contributed by atoms with Crippen LogP contribution in [-0.4, -0.2) is 4.98 Å². The number of benzene rings is 1. The molecule has 0 amide bonds. The van der Waals surface area contributed by atoms with Crippen LogP contribution in [0.3, 0.4) is 0 Å². The first-order valence-corrected chi connectivity index (χ1v) is 11.8. The lowest BCUT2D eigenvalue weighted by atomic mass is 9.77. The summed E-state index contributed by atoms with van der Waals surface area (Å²) in [6, 6.07) is 13.5. The Labute approximate surface area is 173 Å². The minimum atomic E-state index is 0.954. The van der Waals surface area contributed by atoms with Crippen LogP contribution in [0.4, 0.5) is 0 Å². The second-order valence-corrected chi connectivity index (χ2v) is 8.88. The lowest BCUT2D eigenvalue weighted by molar-refractivity contribution is 0.249. The van der Waals surface area contributed by atoms with Crippen molar-refractivity contribution in [1.82, 2.24) is 4.98 Å². The van der Waals surface area contributed by atoms with Gasteiger partial charge >= 0.3 is 0 Å². The van der Waals surface area contributed by atoms with Crippen molar-refractivity contribution in [3.63, 3.8) is 0 Å². The second kappa shape index (κ2) is 11.4. The van der Waals surface area contributed by atoms with Crippen LogP contribution in [0.5, 0.6) is 0 Å². The van der Waals surface area contributed by atoms with E-state index in [4.69, 9.17) is 0 Å². The highest BCUT2D eigenvalue weighted by Gasteiger charge is 2.20. The van der Waals surface area contributed by atoms with Crippen LogP contribution in [0.15, 0.2) is 42.6 Å². The van der Waals surface area contributed by atoms with Gasteiger partial charge in [-0.25, -0.2) is 0 Å². The molecule has 1 aromatic heterocycles. The van der Waals surface area contributed by atoms with E-state index >= 15 is 0 Å². The molecule has 1 heteroatoms. The minimum Gasteiger partial charge on any atom is -0.256 e. The molecule has 1 heterocycles. The van der Waals surface area contributed by atoms with Gasteiger partial charge in [-0.1, -0.05) is 102 Å². The van der Waals surface area contributed by atoms with Crippen molar-refractivity contribution >= 4 is 0 Å². The summed E-state index contributed by atoms with van der Waals surface area (Å²) >= 11 is 0. The number of aryl methyl sites for hydroxylation is 2. The van der Waals surface area contributed by atoms with Crippen LogP contribution >= 0.6 is 0 Å². The van der Waals surface area contributed by atoms with Crippen LogP contribution < -0.4 is 0 Å². The molecular formula is C27H39N. The summed E-state index contributed by atoms with van der Waals surface area (Å²) in [5, 5.41) is 0. The standard InChI is InChI=1S/C27H39N/c1-3-5-6-7-8-23-9-11-24(12-10-23)13-14-25-15-18-26(19-16-25)27-20-17-22(4-2)21-28-27/h15-21,23-24H,3-14H2,1-2H3/t23-,24-. The molecule has 0 spiro atoms. The SMILES string of the molecule is CCCCCC[C@H]1CC[C@H](CCc2ccc(-c3ccc(CC)cn3)cc2)CC1. The van der Waals surface area contributed by atoms with E-state index in [1.807, 2.05) is 6.20 Å². The van der Waals surface area contributed by atoms with E-state index in [1.165, 1.54) is 87.3 Å². The van der Waals surface area contributed by atoms with Gasteiger partial charge in [-0.3, -0.25) is 4.98 Å². The van der Waals surface area contributed by atoms with Gasteiger partial charge in [-0.15, -0.1) is 0 Å². The van der Waals surface area contributed by atoms with Gasteiger partial charge < -0.3 is 0 Å². The van der Waals surface area contributed by atoms with E-state index < -0.39 is 0 Å². The van der Waals surface area contributed by atoms with Crippen LogP contribution in [0.2, 0.25) is 0 Å². The molecule has 0 unspecified atom stereocenters. The topological polar surface area (TPSA) is 12.9 Å². The molecule has 0 radical (unpaired) electrons. The number of unbranched alkanes of at least 4 members (excludes halogenated alkanes) is 3. The van der Waals surface area contributed by atoms with Gasteiger partial charge in [-0.2, -0.15) is 0 Å². The molecule has 0 aliphatic heterocycles. The first kappa shape index (κ1) is 21.1.